The van der Waals surface area contributed by atoms with E-state index in [9.17, 15) is 32.8 Å². The number of nitrogens with zero attached hydrogens (tertiary/aromatic N) is 5. The summed E-state index contributed by atoms with van der Waals surface area (Å²) in [6.45, 7) is 17.3. The summed E-state index contributed by atoms with van der Waals surface area (Å²) in [7, 11) is -4.65. The maximum Gasteiger partial charge on any atom is 0.293 e. The Labute approximate surface area is 455 Å². The van der Waals surface area contributed by atoms with Crippen LogP contribution in [0.3, 0.4) is 0 Å². The Kier molecular flexibility index (Phi) is 14.3. The summed E-state index contributed by atoms with van der Waals surface area (Å²) in [5, 5.41) is 25.9. The molecule has 16 nitrogen and oxygen atoms in total. The van der Waals surface area contributed by atoms with Crippen LogP contribution in [0.25, 0.3) is 11.0 Å². The van der Waals surface area contributed by atoms with Gasteiger partial charge in [-0.3, -0.25) is 24.7 Å². The van der Waals surface area contributed by atoms with Crippen LogP contribution in [0, 0.1) is 27.3 Å². The van der Waals surface area contributed by atoms with Crippen molar-refractivity contribution in [2.75, 3.05) is 56.1 Å². The van der Waals surface area contributed by atoms with Crippen molar-refractivity contribution in [1.82, 2.24) is 24.5 Å². The Bertz CT molecular complexity index is 3360. The second-order valence-electron chi connectivity index (χ2n) is 24.0. The molecule has 4 N–H and O–H groups in total. The summed E-state index contributed by atoms with van der Waals surface area (Å²) in [6, 6.07) is 26.4. The second-order valence-corrected chi connectivity index (χ2v) is 25.7. The summed E-state index contributed by atoms with van der Waals surface area (Å²) in [4.78, 5) is 40.0. The quantitative estimate of drug-likeness (QED) is 0.0561. The molecule has 11 rings (SSSR count). The molecule has 4 fully saturated rings. The highest BCUT2D eigenvalue weighted by Gasteiger charge is 2.50. The maximum atomic E-state index is 14.8. The van der Waals surface area contributed by atoms with Crippen molar-refractivity contribution in [3.05, 3.63) is 141 Å². The van der Waals surface area contributed by atoms with Crippen LogP contribution < -0.4 is 24.4 Å². The van der Waals surface area contributed by atoms with Crippen molar-refractivity contribution in [1.29, 1.82) is 0 Å². The van der Waals surface area contributed by atoms with Gasteiger partial charge in [-0.05, 0) is 129 Å². The molecule has 4 aromatic carbocycles. The minimum atomic E-state index is -4.65. The summed E-state index contributed by atoms with van der Waals surface area (Å²) in [5.74, 6) is 0.181. The smallest absolute Gasteiger partial charge is 0.293 e. The van der Waals surface area contributed by atoms with Gasteiger partial charge in [0.25, 0.3) is 21.6 Å². The molecule has 2 aromatic heterocycles. The number of hydrogen-bond acceptors (Lipinski definition) is 13. The number of fused-ring (bicyclic) bond motifs is 2. The van der Waals surface area contributed by atoms with Gasteiger partial charge in [0.15, 0.2) is 0 Å². The van der Waals surface area contributed by atoms with Crippen LogP contribution >= 0.6 is 0 Å². The number of sulfonamides is 1. The van der Waals surface area contributed by atoms with Crippen LogP contribution in [0.2, 0.25) is 0 Å². The highest BCUT2D eigenvalue weighted by atomic mass is 32.2. The molecule has 6 aromatic rings. The molecule has 18 heteroatoms. The van der Waals surface area contributed by atoms with Crippen molar-refractivity contribution in [2.45, 2.75) is 126 Å². The molecule has 0 radical (unpaired) electrons. The molecule has 78 heavy (non-hydrogen) atoms. The number of hydrogen-bond donors (Lipinski definition) is 4. The molecule has 0 unspecified atom stereocenters. The zero-order valence-electron chi connectivity index (χ0n) is 45.2. The van der Waals surface area contributed by atoms with Gasteiger partial charge in [0.2, 0.25) is 0 Å². The predicted octanol–water partition coefficient (Wildman–Crippen LogP) is 11.0. The number of aromatic nitrogens is 2. The average Bonchev–Trinajstić information content (AvgIpc) is 4.07. The third-order valence-corrected chi connectivity index (χ3v) is 18.9. The lowest BCUT2D eigenvalue weighted by Gasteiger charge is -2.58. The Morgan fingerprint density at radius 2 is 1.74 bits per heavy atom. The van der Waals surface area contributed by atoms with E-state index in [2.05, 4.69) is 105 Å². The monoisotopic (exact) mass is 1080 g/mol. The second kappa shape index (κ2) is 20.9. The van der Waals surface area contributed by atoms with Gasteiger partial charge in [0.1, 0.15) is 34.4 Å². The van der Waals surface area contributed by atoms with E-state index in [0.29, 0.717) is 43.6 Å². The van der Waals surface area contributed by atoms with Gasteiger partial charge in [0, 0.05) is 92.9 Å². The van der Waals surface area contributed by atoms with E-state index in [1.54, 1.807) is 19.1 Å². The number of amides is 1. The number of benzene rings is 4. The first-order chi connectivity index (χ1) is 37.2. The van der Waals surface area contributed by atoms with Crippen molar-refractivity contribution < 1.29 is 37.1 Å². The van der Waals surface area contributed by atoms with E-state index in [1.807, 2.05) is 0 Å². The molecule has 1 atom stereocenters. The van der Waals surface area contributed by atoms with Crippen molar-refractivity contribution >= 4 is 44.0 Å². The molecular weight excluding hydrogens is 1010 g/mol. The van der Waals surface area contributed by atoms with Crippen LogP contribution in [0.4, 0.5) is 21.5 Å². The van der Waals surface area contributed by atoms with Crippen LogP contribution in [-0.4, -0.2) is 102 Å². The number of nitrogens with one attached hydrogen (secondary N) is 3. The van der Waals surface area contributed by atoms with Crippen molar-refractivity contribution in [3.8, 4) is 17.2 Å². The van der Waals surface area contributed by atoms with Crippen LogP contribution in [0.5, 0.6) is 17.2 Å². The number of anilines is 2. The maximum absolute atomic E-state index is 14.8. The average molecular weight is 1080 g/mol. The lowest BCUT2D eigenvalue weighted by Crippen LogP contribution is -2.60. The van der Waals surface area contributed by atoms with Gasteiger partial charge < -0.3 is 29.8 Å². The fraction of sp³-hybridized carbons (Fsp3) is 0.467. The first-order valence-electron chi connectivity index (χ1n) is 27.6. The number of aliphatic hydroxyl groups is 1. The van der Waals surface area contributed by atoms with E-state index in [0.717, 1.165) is 95.3 Å². The third kappa shape index (κ3) is 10.9. The van der Waals surface area contributed by atoms with Crippen LogP contribution in [0.15, 0.2) is 102 Å². The number of H-pyrrole nitrogens is 1. The zero-order valence-corrected chi connectivity index (χ0v) is 46.0. The molecule has 1 spiro atoms. The lowest BCUT2D eigenvalue weighted by atomic mass is 9.59. The number of carbonyl (C=O) groups excluding carboxylic acids is 1. The predicted molar refractivity (Wildman–Crippen MR) is 299 cm³/mol. The lowest BCUT2D eigenvalue weighted by molar-refractivity contribution is -0.384. The van der Waals surface area contributed by atoms with E-state index in [4.69, 9.17) is 9.47 Å². The van der Waals surface area contributed by atoms with Gasteiger partial charge in [-0.15, -0.1) is 0 Å². The molecule has 3 aliphatic heterocycles. The number of piperazine rings is 1. The van der Waals surface area contributed by atoms with Gasteiger partial charge >= 0.3 is 0 Å². The molecule has 2 aliphatic carbocycles. The van der Waals surface area contributed by atoms with E-state index in [-0.39, 0.29) is 50.9 Å². The SMILES string of the molecule is CC(C)c1ccccc1[C@@H]1CN(Cc2ccc3c(c2)OCC3(C)C)CCN1C1CC2(CCN(c3ccc(C(=O)NS(=O)(=O)c4ccc(NC[C@H]5CC[C@](C)(O)CC5)c([N+](=O)[O-])c4)c(Oc4cnc5[nH]cc(F)c5c4)c3)CC2)C1. The molecule has 5 aliphatic rings. The van der Waals surface area contributed by atoms with Crippen LogP contribution in [0.1, 0.15) is 131 Å². The van der Waals surface area contributed by atoms with Crippen molar-refractivity contribution in [2.24, 2.45) is 11.3 Å². The van der Waals surface area contributed by atoms with E-state index < -0.39 is 42.9 Å². The van der Waals surface area contributed by atoms with E-state index in [1.165, 1.54) is 58.9 Å². The number of nitro benzene ring substituents is 1. The van der Waals surface area contributed by atoms with Crippen LogP contribution in [-0.2, 0) is 22.0 Å². The molecule has 2 saturated heterocycles. The third-order valence-electron chi connectivity index (χ3n) is 17.6. The number of aromatic amines is 1. The Morgan fingerprint density at radius 3 is 2.50 bits per heavy atom. The highest BCUT2D eigenvalue weighted by molar-refractivity contribution is 7.90. The number of nitro groups is 1. The zero-order chi connectivity index (χ0) is 54.7. The minimum Gasteiger partial charge on any atom is -0.492 e. The van der Waals surface area contributed by atoms with Gasteiger partial charge in [-0.1, -0.05) is 64.1 Å². The molecule has 2 saturated carbocycles. The van der Waals surface area contributed by atoms with Gasteiger partial charge in [0.05, 0.1) is 39.2 Å². The summed E-state index contributed by atoms with van der Waals surface area (Å²) in [6.07, 6.45) is 9.48. The molecule has 5 heterocycles. The topological polar surface area (TPSA) is 195 Å². The number of rotatable bonds is 15. The largest absolute Gasteiger partial charge is 0.492 e. The summed E-state index contributed by atoms with van der Waals surface area (Å²) in [5.41, 5.74) is 5.51. The minimum absolute atomic E-state index is 0.0235. The summed E-state index contributed by atoms with van der Waals surface area (Å²) >= 11 is 0. The first kappa shape index (κ1) is 53.4. The molecule has 412 valence electrons. The Balaban J connectivity index is 0.783. The van der Waals surface area contributed by atoms with E-state index >= 15 is 0 Å². The van der Waals surface area contributed by atoms with Gasteiger partial charge in [-0.25, -0.2) is 22.5 Å². The summed E-state index contributed by atoms with van der Waals surface area (Å²) < 4.78 is 57.1. The Morgan fingerprint density at radius 1 is 0.974 bits per heavy atom. The van der Waals surface area contributed by atoms with Crippen molar-refractivity contribution in [3.63, 3.8) is 0 Å². The fourth-order valence-electron chi connectivity index (χ4n) is 12.9. The molecule has 1 amide bonds. The number of pyridine rings is 1. The number of carbonyl (C=O) groups is 1. The molecular formula is C60H71FN8O8S. The fourth-order valence-corrected chi connectivity index (χ4v) is 13.9. The van der Waals surface area contributed by atoms with Gasteiger partial charge in [-0.2, -0.15) is 0 Å². The standard InChI is InChI=1S/C60H71FN8O8S/c1-38(2)45-8-6-7-9-46(45)53-36-66(35-40-10-14-49-55(26-40)76-37-58(49,3)4)24-25-68(53)42-30-60(31-42)20-22-67(23-21-60)41-11-13-47(54(27-41)77-43-28-48-50(61)34-64-56(48)63-33-43)57(70)65-78(74,75)44-12-15-51(52(29-44)69(72)73)62-32-39-16-18-59(5,71)19-17-39/h6-15,26-29,33-34,38-39,42,53,62,71H,16-25,30-32,35-37H2,1-5H3,(H,63,64)(H,65,70)/t39-,53-,59-/m0/s1. The number of halogens is 1. The Hall–Kier alpha value is -6.60. The number of ether oxygens (including phenoxy) is 2. The highest BCUT2D eigenvalue weighted by Crippen LogP contribution is 2.54. The molecule has 0 bridgehead atoms. The number of piperidine rings is 1. The normalized spacial score (nSPS) is 22.5. The first-order valence-corrected chi connectivity index (χ1v) is 29.0.